The van der Waals surface area contributed by atoms with Crippen molar-refractivity contribution < 1.29 is 0 Å². The van der Waals surface area contributed by atoms with E-state index in [1.54, 1.807) is 0 Å². The maximum absolute atomic E-state index is 7.82. The number of nitriles is 1. The fourth-order valence-corrected chi connectivity index (χ4v) is 0.497. The second-order valence-corrected chi connectivity index (χ2v) is 2.06. The standard InChI is InChI=1S/C6H6.C4H7N/c1-2-4-6-5-3-1;1-2-3-4-5/h1-6H;2-3H2,1H3. The summed E-state index contributed by atoms with van der Waals surface area (Å²) in [6, 6.07) is 14.0. The van der Waals surface area contributed by atoms with Crippen LogP contribution in [0.1, 0.15) is 19.8 Å². The normalized spacial score (nSPS) is 7.27. The van der Waals surface area contributed by atoms with Gasteiger partial charge in [0.1, 0.15) is 0 Å². The van der Waals surface area contributed by atoms with Crippen molar-refractivity contribution in [1.82, 2.24) is 0 Å². The molecular formula is C10H13N. The molecule has 1 rings (SSSR count). The zero-order chi connectivity index (χ0) is 8.36. The van der Waals surface area contributed by atoms with Crippen LogP contribution in [0.2, 0.25) is 0 Å². The monoisotopic (exact) mass is 147 g/mol. The number of hydrogen-bond acceptors (Lipinski definition) is 1. The molecule has 0 saturated heterocycles. The van der Waals surface area contributed by atoms with Gasteiger partial charge in [0.25, 0.3) is 0 Å². The van der Waals surface area contributed by atoms with Gasteiger partial charge < -0.3 is 0 Å². The van der Waals surface area contributed by atoms with Crippen molar-refractivity contribution in [3.05, 3.63) is 36.4 Å². The van der Waals surface area contributed by atoms with Gasteiger partial charge in [-0.3, -0.25) is 0 Å². The van der Waals surface area contributed by atoms with Gasteiger partial charge in [0.15, 0.2) is 0 Å². The summed E-state index contributed by atoms with van der Waals surface area (Å²) in [6.45, 7) is 1.99. The van der Waals surface area contributed by atoms with Gasteiger partial charge in [-0.2, -0.15) is 5.26 Å². The first-order valence-electron chi connectivity index (χ1n) is 3.78. The van der Waals surface area contributed by atoms with Crippen LogP contribution in [0.25, 0.3) is 0 Å². The second-order valence-electron chi connectivity index (χ2n) is 2.06. The zero-order valence-electron chi connectivity index (χ0n) is 6.83. The molecule has 11 heavy (non-hydrogen) atoms. The lowest BCUT2D eigenvalue weighted by molar-refractivity contribution is 0.969. The fraction of sp³-hybridized carbons (Fsp3) is 0.300. The summed E-state index contributed by atoms with van der Waals surface area (Å²) in [5.74, 6) is 0. The number of nitrogens with zero attached hydrogens (tertiary/aromatic N) is 1. The van der Waals surface area contributed by atoms with Crippen LogP contribution in [-0.2, 0) is 0 Å². The predicted molar refractivity (Wildman–Crippen MR) is 47.0 cm³/mol. The van der Waals surface area contributed by atoms with Gasteiger partial charge in [-0.1, -0.05) is 43.3 Å². The average molecular weight is 147 g/mol. The Balaban J connectivity index is 0.000000187. The molecule has 0 aromatic heterocycles. The molecule has 0 aliphatic rings. The number of unbranched alkanes of at least 4 members (excludes halogenated alkanes) is 1. The summed E-state index contributed by atoms with van der Waals surface area (Å²) in [6.07, 6.45) is 1.68. The van der Waals surface area contributed by atoms with Gasteiger partial charge in [0.2, 0.25) is 0 Å². The van der Waals surface area contributed by atoms with Gasteiger partial charge in [-0.15, -0.1) is 0 Å². The lowest BCUT2D eigenvalue weighted by atomic mass is 10.4. The van der Waals surface area contributed by atoms with Gasteiger partial charge in [-0.05, 0) is 6.42 Å². The molecule has 58 valence electrons. The van der Waals surface area contributed by atoms with Crippen molar-refractivity contribution in [2.24, 2.45) is 0 Å². The SMILES string of the molecule is CCCC#N.c1ccccc1. The Morgan fingerprint density at radius 1 is 1.00 bits per heavy atom. The highest BCUT2D eigenvalue weighted by Gasteiger charge is 1.65. The summed E-state index contributed by atoms with van der Waals surface area (Å²) in [5.41, 5.74) is 0. The summed E-state index contributed by atoms with van der Waals surface area (Å²) < 4.78 is 0. The van der Waals surface area contributed by atoms with Crippen LogP contribution in [0.4, 0.5) is 0 Å². The molecule has 1 heteroatoms. The van der Waals surface area contributed by atoms with E-state index in [0.29, 0.717) is 6.42 Å². The Hall–Kier alpha value is -1.29. The molecule has 0 aliphatic carbocycles. The molecule has 0 heterocycles. The van der Waals surface area contributed by atoms with E-state index < -0.39 is 0 Å². The number of hydrogen-bond donors (Lipinski definition) is 0. The molecule has 0 fully saturated rings. The van der Waals surface area contributed by atoms with E-state index in [4.69, 9.17) is 5.26 Å². The molecule has 0 amide bonds. The highest BCUT2D eigenvalue weighted by atomic mass is 14.2. The summed E-state index contributed by atoms with van der Waals surface area (Å²) in [7, 11) is 0. The summed E-state index contributed by atoms with van der Waals surface area (Å²) >= 11 is 0. The van der Waals surface area contributed by atoms with Crippen LogP contribution in [0.15, 0.2) is 36.4 Å². The van der Waals surface area contributed by atoms with Crippen molar-refractivity contribution in [3.8, 4) is 6.07 Å². The third-order valence-corrected chi connectivity index (χ3v) is 1.03. The average Bonchev–Trinajstić information content (AvgIpc) is 2.10. The van der Waals surface area contributed by atoms with Gasteiger partial charge in [0, 0.05) is 6.42 Å². The van der Waals surface area contributed by atoms with Crippen molar-refractivity contribution in [2.75, 3.05) is 0 Å². The maximum atomic E-state index is 7.82. The number of benzene rings is 1. The van der Waals surface area contributed by atoms with Crippen LogP contribution in [0, 0.1) is 11.3 Å². The van der Waals surface area contributed by atoms with Crippen LogP contribution in [0.3, 0.4) is 0 Å². The molecule has 1 nitrogen and oxygen atoms in total. The highest BCUT2D eigenvalue weighted by Crippen LogP contribution is 1.80. The van der Waals surface area contributed by atoms with Crippen molar-refractivity contribution in [2.45, 2.75) is 19.8 Å². The third-order valence-electron chi connectivity index (χ3n) is 1.03. The first kappa shape index (κ1) is 9.71. The molecule has 0 bridgehead atoms. The van der Waals surface area contributed by atoms with Crippen LogP contribution >= 0.6 is 0 Å². The fourth-order valence-electron chi connectivity index (χ4n) is 0.497. The van der Waals surface area contributed by atoms with E-state index in [1.807, 2.05) is 49.4 Å². The van der Waals surface area contributed by atoms with Crippen LogP contribution < -0.4 is 0 Å². The molecule has 1 aromatic carbocycles. The van der Waals surface area contributed by atoms with Gasteiger partial charge in [-0.25, -0.2) is 0 Å². The molecule has 0 unspecified atom stereocenters. The molecule has 1 aromatic rings. The Bertz CT molecular complexity index is 159. The highest BCUT2D eigenvalue weighted by molar-refractivity contribution is 4.99. The van der Waals surface area contributed by atoms with Crippen molar-refractivity contribution >= 4 is 0 Å². The van der Waals surface area contributed by atoms with E-state index in [9.17, 15) is 0 Å². The van der Waals surface area contributed by atoms with Crippen LogP contribution in [-0.4, -0.2) is 0 Å². The third kappa shape index (κ3) is 8.71. The Kier molecular flexibility index (Phi) is 7.69. The quantitative estimate of drug-likeness (QED) is 0.599. The van der Waals surface area contributed by atoms with Gasteiger partial charge in [0.05, 0.1) is 6.07 Å². The minimum absolute atomic E-state index is 0.694. The molecule has 0 aliphatic heterocycles. The van der Waals surface area contributed by atoms with E-state index in [0.717, 1.165) is 6.42 Å². The van der Waals surface area contributed by atoms with Crippen molar-refractivity contribution in [1.29, 1.82) is 5.26 Å². The predicted octanol–water partition coefficient (Wildman–Crippen LogP) is 3.00. The summed E-state index contributed by atoms with van der Waals surface area (Å²) in [4.78, 5) is 0. The van der Waals surface area contributed by atoms with E-state index in [-0.39, 0.29) is 0 Å². The Labute approximate surface area is 68.3 Å². The largest absolute Gasteiger partial charge is 0.198 e. The first-order valence-corrected chi connectivity index (χ1v) is 3.78. The second kappa shape index (κ2) is 8.71. The van der Waals surface area contributed by atoms with Crippen LogP contribution in [0.5, 0.6) is 0 Å². The zero-order valence-corrected chi connectivity index (χ0v) is 6.83. The molecule has 0 radical (unpaired) electrons. The lowest BCUT2D eigenvalue weighted by Crippen LogP contribution is -1.53. The molecule has 0 atom stereocenters. The van der Waals surface area contributed by atoms with E-state index >= 15 is 0 Å². The van der Waals surface area contributed by atoms with E-state index in [2.05, 4.69) is 0 Å². The van der Waals surface area contributed by atoms with Gasteiger partial charge >= 0.3 is 0 Å². The molecule has 0 spiro atoms. The topological polar surface area (TPSA) is 23.8 Å². The molecular weight excluding hydrogens is 134 g/mol. The minimum atomic E-state index is 0.694. The maximum Gasteiger partial charge on any atom is 0.0621 e. The minimum Gasteiger partial charge on any atom is -0.198 e. The molecule has 0 N–H and O–H groups in total. The lowest BCUT2D eigenvalue weighted by Gasteiger charge is -1.69. The first-order chi connectivity index (χ1) is 5.41. The number of rotatable bonds is 1. The van der Waals surface area contributed by atoms with E-state index in [1.165, 1.54) is 0 Å². The molecule has 0 saturated carbocycles. The Morgan fingerprint density at radius 2 is 1.36 bits per heavy atom. The Morgan fingerprint density at radius 3 is 1.45 bits per heavy atom. The summed E-state index contributed by atoms with van der Waals surface area (Å²) in [5, 5.41) is 7.82. The van der Waals surface area contributed by atoms with Crippen molar-refractivity contribution in [3.63, 3.8) is 0 Å². The smallest absolute Gasteiger partial charge is 0.0621 e.